The summed E-state index contributed by atoms with van der Waals surface area (Å²) in [7, 11) is 0. The lowest BCUT2D eigenvalue weighted by Crippen LogP contribution is -2.21. The highest BCUT2D eigenvalue weighted by Crippen LogP contribution is 2.26. The summed E-state index contributed by atoms with van der Waals surface area (Å²) >= 11 is 9.07. The van der Waals surface area contributed by atoms with E-state index in [1.807, 2.05) is 0 Å². The molecule has 2 aromatic rings. The molecule has 0 aliphatic carbocycles. The minimum Gasteiger partial charge on any atom is -0.377 e. The highest BCUT2D eigenvalue weighted by molar-refractivity contribution is 9.10. The van der Waals surface area contributed by atoms with E-state index < -0.39 is 11.9 Å². The van der Waals surface area contributed by atoms with Crippen molar-refractivity contribution in [1.82, 2.24) is 0 Å². The summed E-state index contributed by atoms with van der Waals surface area (Å²) in [5.74, 6) is -0.843. The number of hydrogen-bond acceptors (Lipinski definition) is 2. The molecule has 0 bridgehead atoms. The van der Waals surface area contributed by atoms with E-state index >= 15 is 0 Å². The predicted molar refractivity (Wildman–Crippen MR) is 80.9 cm³/mol. The second-order valence-electron chi connectivity index (χ2n) is 4.26. The number of benzene rings is 2. The van der Waals surface area contributed by atoms with Crippen molar-refractivity contribution in [3.63, 3.8) is 0 Å². The van der Waals surface area contributed by atoms with Gasteiger partial charge in [0.2, 0.25) is 0 Å². The fourth-order valence-electron chi connectivity index (χ4n) is 1.88. The number of nitrogens with two attached hydrogens (primary N) is 1. The van der Waals surface area contributed by atoms with Crippen LogP contribution in [-0.2, 0) is 0 Å². The van der Waals surface area contributed by atoms with Gasteiger partial charge < -0.3 is 11.1 Å². The van der Waals surface area contributed by atoms with Crippen LogP contribution in [0.1, 0.15) is 11.6 Å². The summed E-state index contributed by atoms with van der Waals surface area (Å²) in [5, 5.41) is 3.25. The van der Waals surface area contributed by atoms with Crippen LogP contribution in [0.5, 0.6) is 0 Å². The Bertz CT molecular complexity index is 602. The zero-order valence-corrected chi connectivity index (χ0v) is 12.7. The molecule has 0 saturated carbocycles. The summed E-state index contributed by atoms with van der Waals surface area (Å²) in [6.45, 7) is 0.154. The van der Waals surface area contributed by atoms with Crippen molar-refractivity contribution in [2.45, 2.75) is 6.04 Å². The van der Waals surface area contributed by atoms with Gasteiger partial charge in [-0.15, -0.1) is 0 Å². The van der Waals surface area contributed by atoms with Gasteiger partial charge in [-0.3, -0.25) is 0 Å². The van der Waals surface area contributed by atoms with E-state index in [1.54, 1.807) is 18.2 Å². The van der Waals surface area contributed by atoms with Crippen LogP contribution in [-0.4, -0.2) is 6.54 Å². The van der Waals surface area contributed by atoms with Crippen molar-refractivity contribution < 1.29 is 8.78 Å². The third-order valence-corrected chi connectivity index (χ3v) is 3.48. The number of anilines is 1. The van der Waals surface area contributed by atoms with E-state index in [9.17, 15) is 8.78 Å². The van der Waals surface area contributed by atoms with Crippen molar-refractivity contribution in [2.24, 2.45) is 5.73 Å². The van der Waals surface area contributed by atoms with Gasteiger partial charge in [-0.25, -0.2) is 8.78 Å². The van der Waals surface area contributed by atoms with Gasteiger partial charge in [0.1, 0.15) is 11.6 Å². The molecule has 20 heavy (non-hydrogen) atoms. The van der Waals surface area contributed by atoms with Crippen LogP contribution in [0.4, 0.5) is 14.5 Å². The largest absolute Gasteiger partial charge is 0.377 e. The van der Waals surface area contributed by atoms with Crippen LogP contribution in [0.3, 0.4) is 0 Å². The van der Waals surface area contributed by atoms with Crippen LogP contribution in [0.25, 0.3) is 0 Å². The number of hydrogen-bond donors (Lipinski definition) is 2. The first-order chi connectivity index (χ1) is 9.49. The number of halogens is 4. The van der Waals surface area contributed by atoms with Crippen LogP contribution in [0.15, 0.2) is 40.9 Å². The molecule has 2 rings (SSSR count). The lowest BCUT2D eigenvalue weighted by molar-refractivity contribution is 0.592. The first-order valence-corrected chi connectivity index (χ1v) is 7.04. The first kappa shape index (κ1) is 15.2. The Hall–Kier alpha value is -1.17. The van der Waals surface area contributed by atoms with E-state index in [0.717, 1.165) is 4.47 Å². The fourth-order valence-corrected chi connectivity index (χ4v) is 2.48. The summed E-state index contributed by atoms with van der Waals surface area (Å²) in [6.07, 6.45) is 0. The molecule has 0 radical (unpaired) electrons. The topological polar surface area (TPSA) is 38.0 Å². The Morgan fingerprint density at radius 3 is 2.60 bits per heavy atom. The molecule has 6 heteroatoms. The smallest absolute Gasteiger partial charge is 0.128 e. The second-order valence-corrected chi connectivity index (χ2v) is 5.61. The summed E-state index contributed by atoms with van der Waals surface area (Å²) < 4.78 is 27.9. The maximum Gasteiger partial charge on any atom is 0.128 e. The third kappa shape index (κ3) is 3.69. The van der Waals surface area contributed by atoms with Crippen LogP contribution < -0.4 is 11.1 Å². The standard InChI is InChI=1S/C14H12BrClF2N2/c15-8-1-2-13(18)12(3-8)14(7-19)20-11-5-9(16)4-10(17)6-11/h1-6,14,20H,7,19H2. The molecular weight excluding hydrogens is 350 g/mol. The number of nitrogens with one attached hydrogen (secondary N) is 1. The van der Waals surface area contributed by atoms with Crippen molar-refractivity contribution in [3.05, 3.63) is 63.1 Å². The molecule has 0 saturated heterocycles. The van der Waals surface area contributed by atoms with Crippen molar-refractivity contribution in [1.29, 1.82) is 0 Å². The molecule has 0 spiro atoms. The summed E-state index contributed by atoms with van der Waals surface area (Å²) in [4.78, 5) is 0. The van der Waals surface area contributed by atoms with E-state index in [0.29, 0.717) is 11.3 Å². The molecule has 0 fully saturated rings. The second kappa shape index (κ2) is 6.52. The van der Waals surface area contributed by atoms with Gasteiger partial charge in [0.25, 0.3) is 0 Å². The van der Waals surface area contributed by atoms with Crippen molar-refractivity contribution in [3.8, 4) is 0 Å². The summed E-state index contributed by atoms with van der Waals surface area (Å²) in [5.41, 5.74) is 6.53. The van der Waals surface area contributed by atoms with Gasteiger partial charge in [-0.1, -0.05) is 27.5 Å². The average Bonchev–Trinajstić information content (AvgIpc) is 2.38. The van der Waals surface area contributed by atoms with Crippen molar-refractivity contribution >= 4 is 33.2 Å². The quantitative estimate of drug-likeness (QED) is 0.842. The average molecular weight is 362 g/mol. The lowest BCUT2D eigenvalue weighted by atomic mass is 10.1. The SMILES string of the molecule is NCC(Nc1cc(F)cc(Cl)c1)c1cc(Br)ccc1F. The highest BCUT2D eigenvalue weighted by atomic mass is 79.9. The molecule has 106 valence electrons. The molecule has 0 heterocycles. The zero-order valence-electron chi connectivity index (χ0n) is 10.3. The molecule has 0 aliphatic heterocycles. The monoisotopic (exact) mass is 360 g/mol. The third-order valence-electron chi connectivity index (χ3n) is 2.77. The number of rotatable bonds is 4. The maximum atomic E-state index is 13.9. The molecule has 0 amide bonds. The molecular formula is C14H12BrClF2N2. The Morgan fingerprint density at radius 2 is 1.95 bits per heavy atom. The summed E-state index contributed by atoms with van der Waals surface area (Å²) in [6, 6.07) is 8.15. The lowest BCUT2D eigenvalue weighted by Gasteiger charge is -2.19. The van der Waals surface area contributed by atoms with E-state index in [-0.39, 0.29) is 17.4 Å². The van der Waals surface area contributed by atoms with Gasteiger partial charge in [0.15, 0.2) is 0 Å². The normalized spacial score (nSPS) is 12.2. The minimum atomic E-state index is -0.481. The molecule has 2 nitrogen and oxygen atoms in total. The molecule has 2 aromatic carbocycles. The van der Waals surface area contributed by atoms with Gasteiger partial charge in [-0.2, -0.15) is 0 Å². The Labute approximate surface area is 129 Å². The van der Waals surface area contributed by atoms with E-state index in [1.165, 1.54) is 18.2 Å². The highest BCUT2D eigenvalue weighted by Gasteiger charge is 2.15. The fraction of sp³-hybridized carbons (Fsp3) is 0.143. The Kier molecular flexibility index (Phi) is 4.96. The molecule has 0 aliphatic rings. The van der Waals surface area contributed by atoms with E-state index in [2.05, 4.69) is 21.2 Å². The van der Waals surface area contributed by atoms with Crippen LogP contribution in [0.2, 0.25) is 5.02 Å². The van der Waals surface area contributed by atoms with Gasteiger partial charge in [-0.05, 0) is 36.4 Å². The van der Waals surface area contributed by atoms with E-state index in [4.69, 9.17) is 17.3 Å². The molecule has 1 atom stereocenters. The van der Waals surface area contributed by atoms with Crippen LogP contribution in [0, 0.1) is 11.6 Å². The van der Waals surface area contributed by atoms with Gasteiger partial charge >= 0.3 is 0 Å². The molecule has 1 unspecified atom stereocenters. The molecule has 3 N–H and O–H groups in total. The van der Waals surface area contributed by atoms with Crippen LogP contribution >= 0.6 is 27.5 Å². The van der Waals surface area contributed by atoms with Crippen molar-refractivity contribution in [2.75, 3.05) is 11.9 Å². The Morgan fingerprint density at radius 1 is 1.20 bits per heavy atom. The van der Waals surface area contributed by atoms with Gasteiger partial charge in [0.05, 0.1) is 6.04 Å². The predicted octanol–water partition coefficient (Wildman–Crippen LogP) is 4.49. The zero-order chi connectivity index (χ0) is 14.7. The minimum absolute atomic E-state index is 0.154. The first-order valence-electron chi connectivity index (χ1n) is 5.87. The van der Waals surface area contributed by atoms with Gasteiger partial charge in [0, 0.05) is 27.3 Å². The molecule has 0 aromatic heterocycles. The maximum absolute atomic E-state index is 13.9. The Balaban J connectivity index is 2.31.